The van der Waals surface area contributed by atoms with E-state index >= 15 is 0 Å². The maximum atomic E-state index is 13.1. The minimum absolute atomic E-state index is 0.0241. The van der Waals surface area contributed by atoms with E-state index in [9.17, 15) is 32.3 Å². The molecule has 1 amide bonds. The number of pyridine rings is 1. The summed E-state index contributed by atoms with van der Waals surface area (Å²) in [6.07, 6.45) is -2.10. The van der Waals surface area contributed by atoms with Crippen LogP contribution in [0.15, 0.2) is 33.6 Å². The number of aromatic nitrogens is 6. The number of carbonyl (C=O) groups is 2. The molecule has 0 saturated carbocycles. The molecule has 0 aliphatic carbocycles. The Bertz CT molecular complexity index is 1680. The number of alkyl halides is 3. The minimum Gasteiger partial charge on any atom is -0.312 e. The van der Waals surface area contributed by atoms with Crippen molar-refractivity contribution in [2.75, 3.05) is 5.32 Å². The molecule has 11 nitrogen and oxygen atoms in total. The normalized spacial score (nSPS) is 12.6. The lowest BCUT2D eigenvalue weighted by atomic mass is 10.1. The molecule has 4 aromatic rings. The molecule has 0 spiro atoms. The fourth-order valence-electron chi connectivity index (χ4n) is 3.82. The number of ketones is 1. The average molecular weight is 550 g/mol. The van der Waals surface area contributed by atoms with Gasteiger partial charge in [-0.15, -0.1) is 11.3 Å². The summed E-state index contributed by atoms with van der Waals surface area (Å²) in [5.41, 5.74) is -2.10. The largest absolute Gasteiger partial charge is 0.433 e. The molecule has 0 radical (unpaired) electrons. The van der Waals surface area contributed by atoms with Crippen molar-refractivity contribution >= 4 is 40.0 Å². The molecule has 0 bridgehead atoms. The monoisotopic (exact) mass is 549 g/mol. The minimum atomic E-state index is -4.57. The van der Waals surface area contributed by atoms with Gasteiger partial charge < -0.3 is 9.88 Å². The number of thiazole rings is 1. The Morgan fingerprint density at radius 2 is 1.92 bits per heavy atom. The molecule has 15 heteroatoms. The van der Waals surface area contributed by atoms with E-state index < -0.39 is 41.6 Å². The first-order valence-electron chi connectivity index (χ1n) is 11.3. The SMILES string of the molecule is CCC(=O)Cn1c(=O)c2c(ncn2C(C)C(=O)Nc2csc(-c3cnc(C(F)(F)F)c(C)c3)n2)n(C)c1=O. The fraction of sp³-hybridized carbons (Fsp3) is 0.348. The molecule has 1 unspecified atom stereocenters. The van der Waals surface area contributed by atoms with Gasteiger partial charge in [-0.2, -0.15) is 13.2 Å². The highest BCUT2D eigenvalue weighted by Gasteiger charge is 2.34. The standard InChI is InChI=1S/C23H22F3N7O4S/c1-5-14(34)8-32-21(36)16-18(31(4)22(32)37)28-10-33(16)12(3)19(35)29-15-9-38-20(30-15)13-6-11(2)17(27-7-13)23(24,25)26/h6-7,9-10,12H,5,8H2,1-4H3,(H,29,35). The second kappa shape index (κ2) is 9.96. The summed E-state index contributed by atoms with van der Waals surface area (Å²) < 4.78 is 42.2. The molecule has 4 aromatic heterocycles. The van der Waals surface area contributed by atoms with Gasteiger partial charge in [0, 0.05) is 30.6 Å². The number of halogens is 3. The third-order valence-corrected chi connectivity index (χ3v) is 6.82. The highest BCUT2D eigenvalue weighted by molar-refractivity contribution is 7.13. The second-order valence-corrected chi connectivity index (χ2v) is 9.40. The van der Waals surface area contributed by atoms with Crippen molar-refractivity contribution in [3.63, 3.8) is 0 Å². The number of imidazole rings is 1. The summed E-state index contributed by atoms with van der Waals surface area (Å²) in [7, 11) is 1.41. The van der Waals surface area contributed by atoms with E-state index in [1.165, 1.54) is 43.2 Å². The smallest absolute Gasteiger partial charge is 0.312 e. The predicted molar refractivity (Wildman–Crippen MR) is 133 cm³/mol. The molecule has 1 atom stereocenters. The molecule has 0 saturated heterocycles. The number of rotatable bonds is 7. The molecule has 4 heterocycles. The van der Waals surface area contributed by atoms with Gasteiger partial charge in [0.25, 0.3) is 5.56 Å². The molecule has 38 heavy (non-hydrogen) atoms. The Morgan fingerprint density at radius 3 is 2.55 bits per heavy atom. The van der Waals surface area contributed by atoms with Gasteiger partial charge in [0.1, 0.15) is 22.6 Å². The van der Waals surface area contributed by atoms with Crippen LogP contribution in [0.2, 0.25) is 0 Å². The van der Waals surface area contributed by atoms with Gasteiger partial charge in [-0.1, -0.05) is 6.92 Å². The summed E-state index contributed by atoms with van der Waals surface area (Å²) in [5, 5.41) is 4.49. The lowest BCUT2D eigenvalue weighted by molar-refractivity contribution is -0.141. The molecule has 0 aromatic carbocycles. The van der Waals surface area contributed by atoms with Crippen LogP contribution in [-0.4, -0.2) is 40.3 Å². The number of aryl methyl sites for hydroxylation is 2. The zero-order valence-corrected chi connectivity index (χ0v) is 21.5. The van der Waals surface area contributed by atoms with Crippen LogP contribution in [0, 0.1) is 6.92 Å². The molecule has 0 aliphatic rings. The van der Waals surface area contributed by atoms with Crippen LogP contribution in [0.5, 0.6) is 0 Å². The summed E-state index contributed by atoms with van der Waals surface area (Å²) in [5.74, 6) is -0.715. The topological polar surface area (TPSA) is 134 Å². The molecular weight excluding hydrogens is 527 g/mol. The van der Waals surface area contributed by atoms with Crippen LogP contribution in [0.3, 0.4) is 0 Å². The highest BCUT2D eigenvalue weighted by atomic mass is 32.1. The number of Topliss-reactive ketones (excluding diaryl/α,β-unsaturated/α-hetero) is 1. The van der Waals surface area contributed by atoms with Crippen LogP contribution in [-0.2, 0) is 29.4 Å². The van der Waals surface area contributed by atoms with Crippen molar-refractivity contribution in [2.45, 2.75) is 46.0 Å². The number of anilines is 1. The molecule has 200 valence electrons. The van der Waals surface area contributed by atoms with E-state index in [4.69, 9.17) is 0 Å². The number of fused-ring (bicyclic) bond motifs is 1. The number of hydrogen-bond acceptors (Lipinski definition) is 8. The number of hydrogen-bond donors (Lipinski definition) is 1. The lowest BCUT2D eigenvalue weighted by Gasteiger charge is -2.14. The third kappa shape index (κ3) is 4.88. The maximum Gasteiger partial charge on any atom is 0.433 e. The van der Waals surface area contributed by atoms with E-state index in [-0.39, 0.29) is 34.7 Å². The van der Waals surface area contributed by atoms with Gasteiger partial charge >= 0.3 is 11.9 Å². The van der Waals surface area contributed by atoms with Gasteiger partial charge in [-0.05, 0) is 25.5 Å². The summed E-state index contributed by atoms with van der Waals surface area (Å²) in [6, 6.07) is 0.347. The summed E-state index contributed by atoms with van der Waals surface area (Å²) >= 11 is 1.10. The highest BCUT2D eigenvalue weighted by Crippen LogP contribution is 2.33. The summed E-state index contributed by atoms with van der Waals surface area (Å²) in [6.45, 7) is 4.03. The van der Waals surface area contributed by atoms with Gasteiger partial charge in [-0.25, -0.2) is 14.8 Å². The average Bonchev–Trinajstić information content (AvgIpc) is 3.51. The zero-order chi connectivity index (χ0) is 27.9. The molecule has 0 fully saturated rings. The third-order valence-electron chi connectivity index (χ3n) is 5.93. The Balaban J connectivity index is 1.61. The number of carbonyl (C=O) groups excluding carboxylic acids is 2. The van der Waals surface area contributed by atoms with E-state index in [0.29, 0.717) is 10.6 Å². The van der Waals surface area contributed by atoms with Gasteiger partial charge in [0.2, 0.25) is 5.91 Å². The molecule has 1 N–H and O–H groups in total. The van der Waals surface area contributed by atoms with Gasteiger partial charge in [0.15, 0.2) is 16.9 Å². The molecular formula is C23H22F3N7O4S. The van der Waals surface area contributed by atoms with Crippen LogP contribution >= 0.6 is 11.3 Å². The van der Waals surface area contributed by atoms with Crippen LogP contribution in [0.4, 0.5) is 19.0 Å². The van der Waals surface area contributed by atoms with Crippen molar-refractivity contribution in [3.05, 3.63) is 56.1 Å². The van der Waals surface area contributed by atoms with E-state index in [1.807, 2.05) is 0 Å². The van der Waals surface area contributed by atoms with Crippen molar-refractivity contribution in [2.24, 2.45) is 7.05 Å². The number of nitrogens with zero attached hydrogens (tertiary/aromatic N) is 6. The quantitative estimate of drug-likeness (QED) is 0.375. The Kier molecular flexibility index (Phi) is 7.06. The van der Waals surface area contributed by atoms with Crippen LogP contribution in [0.1, 0.15) is 37.6 Å². The second-order valence-electron chi connectivity index (χ2n) is 8.54. The Morgan fingerprint density at radius 1 is 1.21 bits per heavy atom. The first-order valence-corrected chi connectivity index (χ1v) is 12.2. The predicted octanol–water partition coefficient (Wildman–Crippen LogP) is 2.92. The van der Waals surface area contributed by atoms with Crippen molar-refractivity contribution in [1.29, 1.82) is 0 Å². The van der Waals surface area contributed by atoms with Crippen molar-refractivity contribution in [3.8, 4) is 10.6 Å². The summed E-state index contributed by atoms with van der Waals surface area (Å²) in [4.78, 5) is 62.5. The maximum absolute atomic E-state index is 13.1. The van der Waals surface area contributed by atoms with Crippen LogP contribution < -0.4 is 16.6 Å². The fourth-order valence-corrected chi connectivity index (χ4v) is 4.55. The van der Waals surface area contributed by atoms with Crippen molar-refractivity contribution in [1.82, 2.24) is 28.7 Å². The van der Waals surface area contributed by atoms with E-state index in [0.717, 1.165) is 26.7 Å². The molecule has 0 aliphatic heterocycles. The lowest BCUT2D eigenvalue weighted by Crippen LogP contribution is -2.41. The first kappa shape index (κ1) is 26.9. The first-order chi connectivity index (χ1) is 17.8. The van der Waals surface area contributed by atoms with E-state index in [1.54, 1.807) is 6.92 Å². The Hall–Kier alpha value is -4.14. The zero-order valence-electron chi connectivity index (χ0n) is 20.7. The van der Waals surface area contributed by atoms with Gasteiger partial charge in [0.05, 0.1) is 12.9 Å². The number of amides is 1. The van der Waals surface area contributed by atoms with Crippen LogP contribution in [0.25, 0.3) is 21.7 Å². The Labute approximate surface area is 216 Å². The molecule has 4 rings (SSSR count). The van der Waals surface area contributed by atoms with Gasteiger partial charge in [-0.3, -0.25) is 28.5 Å². The van der Waals surface area contributed by atoms with Crippen molar-refractivity contribution < 1.29 is 22.8 Å². The number of nitrogens with one attached hydrogen (secondary N) is 1. The van der Waals surface area contributed by atoms with E-state index in [2.05, 4.69) is 20.3 Å².